The van der Waals surface area contributed by atoms with Crippen LogP contribution in [0.5, 0.6) is 0 Å². The van der Waals surface area contributed by atoms with E-state index in [1.165, 1.54) is 0 Å². The van der Waals surface area contributed by atoms with Gasteiger partial charge in [-0.05, 0) is 65.1 Å². The van der Waals surface area contributed by atoms with Crippen molar-refractivity contribution in [1.82, 2.24) is 0 Å². The Hall–Kier alpha value is -1.58. The van der Waals surface area contributed by atoms with E-state index in [9.17, 15) is 4.79 Å². The van der Waals surface area contributed by atoms with Crippen molar-refractivity contribution in [2.75, 3.05) is 5.32 Å². The summed E-state index contributed by atoms with van der Waals surface area (Å²) in [6.45, 7) is 0. The lowest BCUT2D eigenvalue weighted by atomic mass is 10.1. The van der Waals surface area contributed by atoms with Crippen molar-refractivity contribution in [2.45, 2.75) is 0 Å². The molecule has 0 saturated heterocycles. The molecule has 0 spiro atoms. The number of halogens is 2. The molecule has 2 aromatic carbocycles. The summed E-state index contributed by atoms with van der Waals surface area (Å²) in [4.78, 5) is 12.0. The van der Waals surface area contributed by atoms with Gasteiger partial charge in [-0.3, -0.25) is 4.79 Å². The van der Waals surface area contributed by atoms with Crippen molar-refractivity contribution in [3.63, 3.8) is 0 Å². The van der Waals surface area contributed by atoms with Crippen LogP contribution in [0.1, 0.15) is 15.9 Å². The average Bonchev–Trinajstić information content (AvgIpc) is 2.42. The van der Waals surface area contributed by atoms with E-state index in [0.717, 1.165) is 3.57 Å². The van der Waals surface area contributed by atoms with Crippen molar-refractivity contribution >= 4 is 45.8 Å². The first-order valence-corrected chi connectivity index (χ1v) is 6.82. The molecule has 19 heavy (non-hydrogen) atoms. The highest BCUT2D eigenvalue weighted by molar-refractivity contribution is 14.1. The number of amides is 1. The Kier molecular flexibility index (Phi) is 4.40. The number of hydrogen-bond donors (Lipinski definition) is 1. The van der Waals surface area contributed by atoms with Crippen LogP contribution in [0.15, 0.2) is 42.5 Å². The normalized spacial score (nSPS) is 9.74. The van der Waals surface area contributed by atoms with Gasteiger partial charge >= 0.3 is 0 Å². The first kappa shape index (κ1) is 13.8. The van der Waals surface area contributed by atoms with Gasteiger partial charge in [-0.1, -0.05) is 11.6 Å². The molecule has 0 bridgehead atoms. The molecule has 0 atom stereocenters. The van der Waals surface area contributed by atoms with Gasteiger partial charge in [0.1, 0.15) is 0 Å². The Morgan fingerprint density at radius 3 is 2.47 bits per heavy atom. The molecule has 0 unspecified atom stereocenters. The fourth-order valence-corrected chi connectivity index (χ4v) is 2.38. The van der Waals surface area contributed by atoms with Gasteiger partial charge in [0.05, 0.1) is 22.3 Å². The number of rotatable bonds is 2. The quantitative estimate of drug-likeness (QED) is 0.796. The number of benzene rings is 2. The number of nitrogens with one attached hydrogen (secondary N) is 1. The highest BCUT2D eigenvalue weighted by Gasteiger charge is 2.08. The molecule has 0 aliphatic carbocycles. The summed E-state index contributed by atoms with van der Waals surface area (Å²) < 4.78 is 0.999. The third-order valence-electron chi connectivity index (χ3n) is 2.46. The van der Waals surface area contributed by atoms with Crippen LogP contribution in [-0.2, 0) is 0 Å². The Labute approximate surface area is 129 Å². The smallest absolute Gasteiger partial charge is 0.255 e. The van der Waals surface area contributed by atoms with Crippen molar-refractivity contribution in [2.24, 2.45) is 0 Å². The molecule has 2 aromatic rings. The van der Waals surface area contributed by atoms with Gasteiger partial charge < -0.3 is 5.32 Å². The van der Waals surface area contributed by atoms with Gasteiger partial charge in [-0.25, -0.2) is 0 Å². The fourth-order valence-electron chi connectivity index (χ4n) is 1.48. The molecule has 0 fully saturated rings. The third-order valence-corrected chi connectivity index (χ3v) is 3.44. The van der Waals surface area contributed by atoms with Crippen molar-refractivity contribution in [1.29, 1.82) is 5.26 Å². The molecule has 0 heterocycles. The second-order valence-corrected chi connectivity index (χ2v) is 5.42. The summed E-state index contributed by atoms with van der Waals surface area (Å²) in [7, 11) is 0. The minimum atomic E-state index is -0.257. The first-order valence-electron chi connectivity index (χ1n) is 5.37. The third kappa shape index (κ3) is 3.46. The lowest BCUT2D eigenvalue weighted by Crippen LogP contribution is -2.12. The molecule has 0 aliphatic heterocycles. The summed E-state index contributed by atoms with van der Waals surface area (Å²) in [5, 5.41) is 11.9. The fraction of sp³-hybridized carbons (Fsp3) is 0. The van der Waals surface area contributed by atoms with Gasteiger partial charge in [-0.2, -0.15) is 5.26 Å². The van der Waals surface area contributed by atoms with E-state index in [4.69, 9.17) is 16.9 Å². The number of carbonyl (C=O) groups excluding carboxylic acids is 1. The van der Waals surface area contributed by atoms with Crippen molar-refractivity contribution in [3.05, 3.63) is 62.2 Å². The molecule has 94 valence electrons. The summed E-state index contributed by atoms with van der Waals surface area (Å²) in [5.74, 6) is -0.257. The van der Waals surface area contributed by atoms with E-state index in [1.807, 2.05) is 12.1 Å². The van der Waals surface area contributed by atoms with Crippen LogP contribution < -0.4 is 5.32 Å². The number of hydrogen-bond acceptors (Lipinski definition) is 2. The molecule has 1 amide bonds. The van der Waals surface area contributed by atoms with Gasteiger partial charge in [-0.15, -0.1) is 0 Å². The van der Waals surface area contributed by atoms with E-state index in [1.54, 1.807) is 36.4 Å². The van der Waals surface area contributed by atoms with E-state index >= 15 is 0 Å². The van der Waals surface area contributed by atoms with E-state index in [-0.39, 0.29) is 5.91 Å². The maximum atomic E-state index is 12.0. The summed E-state index contributed by atoms with van der Waals surface area (Å²) >= 11 is 8.19. The zero-order chi connectivity index (χ0) is 13.8. The predicted molar refractivity (Wildman–Crippen MR) is 83.3 cm³/mol. The minimum absolute atomic E-state index is 0.257. The van der Waals surface area contributed by atoms with Crippen molar-refractivity contribution < 1.29 is 4.79 Å². The van der Waals surface area contributed by atoms with Gasteiger partial charge in [0.15, 0.2) is 0 Å². The molecule has 5 heteroatoms. The molecular formula is C14H8ClIN2O. The van der Waals surface area contributed by atoms with Gasteiger partial charge in [0, 0.05) is 9.13 Å². The summed E-state index contributed by atoms with van der Waals surface area (Å²) in [5.41, 5.74) is 1.56. The lowest BCUT2D eigenvalue weighted by molar-refractivity contribution is 0.102. The summed E-state index contributed by atoms with van der Waals surface area (Å²) in [6.07, 6.45) is 0. The lowest BCUT2D eigenvalue weighted by Gasteiger charge is -2.07. The van der Waals surface area contributed by atoms with E-state index in [0.29, 0.717) is 21.8 Å². The number of carbonyl (C=O) groups is 1. The number of nitriles is 1. The standard InChI is InChI=1S/C14H8ClIN2O/c15-12-7-11(16)5-6-13(12)18-14(19)10-3-1-9(8-17)2-4-10/h1-7H,(H,18,19). The van der Waals surface area contributed by atoms with Crippen LogP contribution in [0, 0.1) is 14.9 Å². The highest BCUT2D eigenvalue weighted by atomic mass is 127. The minimum Gasteiger partial charge on any atom is -0.321 e. The van der Waals surface area contributed by atoms with E-state index < -0.39 is 0 Å². The molecular weight excluding hydrogens is 375 g/mol. The second-order valence-electron chi connectivity index (χ2n) is 3.77. The molecule has 2 rings (SSSR count). The zero-order valence-corrected chi connectivity index (χ0v) is 12.6. The molecule has 0 radical (unpaired) electrons. The molecule has 3 nitrogen and oxygen atoms in total. The largest absolute Gasteiger partial charge is 0.321 e. The van der Waals surface area contributed by atoms with Crippen LogP contribution in [-0.4, -0.2) is 5.91 Å². The van der Waals surface area contributed by atoms with Crippen LogP contribution in [0.25, 0.3) is 0 Å². The average molecular weight is 383 g/mol. The van der Waals surface area contributed by atoms with Crippen LogP contribution in [0.3, 0.4) is 0 Å². The Morgan fingerprint density at radius 1 is 1.21 bits per heavy atom. The van der Waals surface area contributed by atoms with Gasteiger partial charge in [0.25, 0.3) is 5.91 Å². The first-order chi connectivity index (χ1) is 9.10. The molecule has 0 aromatic heterocycles. The number of anilines is 1. The van der Waals surface area contributed by atoms with Gasteiger partial charge in [0.2, 0.25) is 0 Å². The Morgan fingerprint density at radius 2 is 1.89 bits per heavy atom. The predicted octanol–water partition coefficient (Wildman–Crippen LogP) is 4.07. The molecule has 1 N–H and O–H groups in total. The number of nitrogens with zero attached hydrogens (tertiary/aromatic N) is 1. The Bertz CT molecular complexity index is 662. The second kappa shape index (κ2) is 6.04. The maximum absolute atomic E-state index is 12.0. The Balaban J connectivity index is 2.18. The van der Waals surface area contributed by atoms with E-state index in [2.05, 4.69) is 27.9 Å². The van der Waals surface area contributed by atoms with Crippen LogP contribution >= 0.6 is 34.2 Å². The van der Waals surface area contributed by atoms with Crippen LogP contribution in [0.4, 0.5) is 5.69 Å². The SMILES string of the molecule is N#Cc1ccc(C(=O)Nc2ccc(I)cc2Cl)cc1. The zero-order valence-electron chi connectivity index (χ0n) is 9.65. The summed E-state index contributed by atoms with van der Waals surface area (Å²) in [6, 6.07) is 13.8. The molecule has 0 saturated carbocycles. The maximum Gasteiger partial charge on any atom is 0.255 e. The molecule has 0 aliphatic rings. The highest BCUT2D eigenvalue weighted by Crippen LogP contribution is 2.24. The monoisotopic (exact) mass is 382 g/mol. The van der Waals surface area contributed by atoms with Crippen molar-refractivity contribution in [3.8, 4) is 6.07 Å². The van der Waals surface area contributed by atoms with Crippen LogP contribution in [0.2, 0.25) is 5.02 Å². The topological polar surface area (TPSA) is 52.9 Å².